The molecule has 1 amide bonds. The van der Waals surface area contributed by atoms with Crippen molar-refractivity contribution >= 4 is 23.0 Å². The molecule has 21 heavy (non-hydrogen) atoms. The number of hydrogen-bond donors (Lipinski definition) is 2. The smallest absolute Gasteiger partial charge is 0.243 e. The Hall–Kier alpha value is -2.49. The van der Waals surface area contributed by atoms with Crippen LogP contribution in [0.15, 0.2) is 42.5 Å². The fourth-order valence-electron chi connectivity index (χ4n) is 2.19. The number of hydrogen-bond acceptors (Lipinski definition) is 3. The molecule has 2 rings (SSSR count). The van der Waals surface area contributed by atoms with Crippen LogP contribution >= 0.6 is 0 Å². The summed E-state index contributed by atoms with van der Waals surface area (Å²) in [5.74, 6) is -0.0492. The van der Waals surface area contributed by atoms with Crippen LogP contribution in [-0.4, -0.2) is 19.5 Å². The maximum absolute atomic E-state index is 12.1. The Balaban J connectivity index is 2.01. The van der Waals surface area contributed by atoms with E-state index >= 15 is 0 Å². The fraction of sp³-hybridized carbons (Fsp3) is 0.235. The molecule has 0 saturated carbocycles. The average Bonchev–Trinajstić information content (AvgIpc) is 2.42. The van der Waals surface area contributed by atoms with Crippen LogP contribution < -0.4 is 16.0 Å². The van der Waals surface area contributed by atoms with Crippen molar-refractivity contribution < 1.29 is 4.79 Å². The predicted octanol–water partition coefficient (Wildman–Crippen LogP) is 2.96. The number of nitrogens with zero attached hydrogens (tertiary/aromatic N) is 1. The minimum Gasteiger partial charge on any atom is -0.399 e. The topological polar surface area (TPSA) is 58.4 Å². The molecular formula is C17H21N3O. The molecule has 0 aliphatic carbocycles. The Morgan fingerprint density at radius 1 is 1.19 bits per heavy atom. The van der Waals surface area contributed by atoms with Crippen LogP contribution in [0.1, 0.15) is 11.1 Å². The van der Waals surface area contributed by atoms with E-state index in [9.17, 15) is 4.79 Å². The summed E-state index contributed by atoms with van der Waals surface area (Å²) in [5, 5.41) is 2.92. The monoisotopic (exact) mass is 283 g/mol. The zero-order chi connectivity index (χ0) is 15.4. The maximum atomic E-state index is 12.1. The zero-order valence-electron chi connectivity index (χ0n) is 12.7. The normalized spacial score (nSPS) is 10.2. The van der Waals surface area contributed by atoms with Gasteiger partial charge < -0.3 is 16.0 Å². The summed E-state index contributed by atoms with van der Waals surface area (Å²) < 4.78 is 0. The van der Waals surface area contributed by atoms with Gasteiger partial charge in [0.15, 0.2) is 0 Å². The van der Waals surface area contributed by atoms with Gasteiger partial charge in [-0.15, -0.1) is 0 Å². The summed E-state index contributed by atoms with van der Waals surface area (Å²) in [6.07, 6.45) is 0. The van der Waals surface area contributed by atoms with E-state index in [-0.39, 0.29) is 5.91 Å². The number of likely N-dealkylation sites (N-methyl/N-ethyl adjacent to an activating group) is 1. The van der Waals surface area contributed by atoms with Crippen molar-refractivity contribution in [3.63, 3.8) is 0 Å². The number of carbonyl (C=O) groups excluding carboxylic acids is 1. The molecule has 110 valence electrons. The van der Waals surface area contributed by atoms with Crippen LogP contribution in [0.25, 0.3) is 0 Å². The molecule has 0 spiro atoms. The van der Waals surface area contributed by atoms with E-state index in [1.54, 1.807) is 6.07 Å². The minimum atomic E-state index is -0.0492. The standard InChI is InChI=1S/C17H21N3O/c1-12-5-4-6-15(9-12)20(3)11-17(21)19-16-8-7-14(18)10-13(16)2/h4-10H,11,18H2,1-3H3,(H,19,21). The number of aryl methyl sites for hydroxylation is 2. The summed E-state index contributed by atoms with van der Waals surface area (Å²) in [6, 6.07) is 13.5. The molecule has 0 heterocycles. The van der Waals surface area contributed by atoms with E-state index in [2.05, 4.69) is 11.4 Å². The first-order chi connectivity index (χ1) is 9.95. The third-order valence-electron chi connectivity index (χ3n) is 3.35. The summed E-state index contributed by atoms with van der Waals surface area (Å²) in [4.78, 5) is 14.1. The zero-order valence-corrected chi connectivity index (χ0v) is 12.7. The fourth-order valence-corrected chi connectivity index (χ4v) is 2.19. The molecule has 4 heteroatoms. The molecule has 2 aromatic carbocycles. The Labute approximate surface area is 125 Å². The highest BCUT2D eigenvalue weighted by Gasteiger charge is 2.09. The van der Waals surface area contributed by atoms with E-state index in [1.165, 1.54) is 5.56 Å². The number of carbonyl (C=O) groups is 1. The van der Waals surface area contributed by atoms with Crippen LogP contribution in [0.3, 0.4) is 0 Å². The molecule has 0 fully saturated rings. The van der Waals surface area contributed by atoms with Gasteiger partial charge in [-0.3, -0.25) is 4.79 Å². The van der Waals surface area contributed by atoms with E-state index in [4.69, 9.17) is 5.73 Å². The van der Waals surface area contributed by atoms with E-state index in [0.717, 1.165) is 16.9 Å². The highest BCUT2D eigenvalue weighted by molar-refractivity contribution is 5.94. The Kier molecular flexibility index (Phi) is 4.48. The number of benzene rings is 2. The van der Waals surface area contributed by atoms with E-state index in [0.29, 0.717) is 12.2 Å². The maximum Gasteiger partial charge on any atom is 0.243 e. The van der Waals surface area contributed by atoms with Crippen LogP contribution in [0.4, 0.5) is 17.1 Å². The number of nitrogen functional groups attached to an aromatic ring is 1. The first-order valence-corrected chi connectivity index (χ1v) is 6.89. The third-order valence-corrected chi connectivity index (χ3v) is 3.35. The number of nitrogens with one attached hydrogen (secondary N) is 1. The molecule has 0 unspecified atom stereocenters. The molecule has 0 atom stereocenters. The molecule has 0 bridgehead atoms. The van der Waals surface area contributed by atoms with Crippen molar-refractivity contribution in [2.24, 2.45) is 0 Å². The number of rotatable bonds is 4. The molecule has 3 N–H and O–H groups in total. The van der Waals surface area contributed by atoms with Gasteiger partial charge in [0.1, 0.15) is 0 Å². The number of nitrogens with two attached hydrogens (primary N) is 1. The van der Waals surface area contributed by atoms with Crippen molar-refractivity contribution in [2.45, 2.75) is 13.8 Å². The quantitative estimate of drug-likeness (QED) is 0.848. The first kappa shape index (κ1) is 14.9. The van der Waals surface area contributed by atoms with Gasteiger partial charge in [0.25, 0.3) is 0 Å². The molecule has 0 radical (unpaired) electrons. The summed E-state index contributed by atoms with van der Waals surface area (Å²) >= 11 is 0. The van der Waals surface area contributed by atoms with E-state index in [1.807, 2.05) is 56.1 Å². The second-order valence-electron chi connectivity index (χ2n) is 5.32. The number of amides is 1. The summed E-state index contributed by atoms with van der Waals surface area (Å²) in [5.41, 5.74) is 10.4. The van der Waals surface area contributed by atoms with Crippen LogP contribution in [0.5, 0.6) is 0 Å². The van der Waals surface area contributed by atoms with Gasteiger partial charge in [-0.1, -0.05) is 12.1 Å². The summed E-state index contributed by atoms with van der Waals surface area (Å²) in [6.45, 7) is 4.26. The van der Waals surface area contributed by atoms with Crippen LogP contribution in [0, 0.1) is 13.8 Å². The molecule has 0 saturated heterocycles. The first-order valence-electron chi connectivity index (χ1n) is 6.89. The Morgan fingerprint density at radius 2 is 1.95 bits per heavy atom. The molecular weight excluding hydrogens is 262 g/mol. The number of anilines is 3. The molecule has 0 aliphatic rings. The van der Waals surface area contributed by atoms with Crippen molar-refractivity contribution in [3.8, 4) is 0 Å². The Bertz CT molecular complexity index is 652. The molecule has 0 aromatic heterocycles. The SMILES string of the molecule is Cc1cccc(N(C)CC(=O)Nc2ccc(N)cc2C)c1. The van der Waals surface area contributed by atoms with Crippen molar-refractivity contribution in [3.05, 3.63) is 53.6 Å². The van der Waals surface area contributed by atoms with Gasteiger partial charge >= 0.3 is 0 Å². The minimum absolute atomic E-state index is 0.0492. The molecule has 2 aromatic rings. The lowest BCUT2D eigenvalue weighted by molar-refractivity contribution is -0.114. The van der Waals surface area contributed by atoms with Crippen molar-refractivity contribution in [1.82, 2.24) is 0 Å². The molecule has 4 nitrogen and oxygen atoms in total. The highest BCUT2D eigenvalue weighted by atomic mass is 16.2. The van der Waals surface area contributed by atoms with Gasteiger partial charge in [0.05, 0.1) is 6.54 Å². The van der Waals surface area contributed by atoms with Gasteiger partial charge in [0, 0.05) is 24.1 Å². The van der Waals surface area contributed by atoms with Crippen molar-refractivity contribution in [2.75, 3.05) is 29.5 Å². The van der Waals surface area contributed by atoms with Gasteiger partial charge in [-0.25, -0.2) is 0 Å². The van der Waals surface area contributed by atoms with E-state index < -0.39 is 0 Å². The Morgan fingerprint density at radius 3 is 2.62 bits per heavy atom. The highest BCUT2D eigenvalue weighted by Crippen LogP contribution is 2.18. The third kappa shape index (κ3) is 3.99. The largest absolute Gasteiger partial charge is 0.399 e. The predicted molar refractivity (Wildman–Crippen MR) is 88.7 cm³/mol. The van der Waals surface area contributed by atoms with Gasteiger partial charge in [0.2, 0.25) is 5.91 Å². The summed E-state index contributed by atoms with van der Waals surface area (Å²) in [7, 11) is 1.91. The lowest BCUT2D eigenvalue weighted by atomic mass is 10.2. The van der Waals surface area contributed by atoms with Crippen molar-refractivity contribution in [1.29, 1.82) is 0 Å². The lowest BCUT2D eigenvalue weighted by Gasteiger charge is -2.19. The van der Waals surface area contributed by atoms with Crippen LogP contribution in [0.2, 0.25) is 0 Å². The second kappa shape index (κ2) is 6.31. The van der Waals surface area contributed by atoms with Gasteiger partial charge in [-0.05, 0) is 55.3 Å². The van der Waals surface area contributed by atoms with Crippen LogP contribution in [-0.2, 0) is 4.79 Å². The second-order valence-corrected chi connectivity index (χ2v) is 5.32. The molecule has 0 aliphatic heterocycles. The lowest BCUT2D eigenvalue weighted by Crippen LogP contribution is -2.30. The van der Waals surface area contributed by atoms with Gasteiger partial charge in [-0.2, -0.15) is 0 Å². The average molecular weight is 283 g/mol.